The lowest BCUT2D eigenvalue weighted by Crippen LogP contribution is -2.28. The highest BCUT2D eigenvalue weighted by atomic mass is 19.1. The SMILES string of the molecule is C[C@H](CO)NCc1ccc(F)cc1. The van der Waals surface area contributed by atoms with Crippen molar-refractivity contribution in [2.75, 3.05) is 6.61 Å². The van der Waals surface area contributed by atoms with Crippen LogP contribution in [0.5, 0.6) is 0 Å². The number of hydrogen-bond acceptors (Lipinski definition) is 2. The van der Waals surface area contributed by atoms with E-state index in [2.05, 4.69) is 5.32 Å². The smallest absolute Gasteiger partial charge is 0.123 e. The average Bonchev–Trinajstić information content (AvgIpc) is 2.16. The predicted octanol–water partition coefficient (Wildman–Crippen LogP) is 1.30. The largest absolute Gasteiger partial charge is 0.395 e. The summed E-state index contributed by atoms with van der Waals surface area (Å²) >= 11 is 0. The minimum Gasteiger partial charge on any atom is -0.395 e. The van der Waals surface area contributed by atoms with Gasteiger partial charge in [0.25, 0.3) is 0 Å². The summed E-state index contributed by atoms with van der Waals surface area (Å²) < 4.78 is 12.5. The first-order chi connectivity index (χ1) is 6.22. The highest BCUT2D eigenvalue weighted by Crippen LogP contribution is 2.02. The van der Waals surface area contributed by atoms with Crippen molar-refractivity contribution in [2.24, 2.45) is 0 Å². The van der Waals surface area contributed by atoms with E-state index in [-0.39, 0.29) is 18.5 Å². The number of benzene rings is 1. The monoisotopic (exact) mass is 183 g/mol. The van der Waals surface area contributed by atoms with E-state index in [1.54, 1.807) is 12.1 Å². The molecule has 72 valence electrons. The summed E-state index contributed by atoms with van der Waals surface area (Å²) in [5.74, 6) is -0.223. The lowest BCUT2D eigenvalue weighted by atomic mass is 10.2. The number of halogens is 1. The van der Waals surface area contributed by atoms with Crippen LogP contribution < -0.4 is 5.32 Å². The Hall–Kier alpha value is -0.930. The highest BCUT2D eigenvalue weighted by Gasteiger charge is 1.98. The fourth-order valence-electron chi connectivity index (χ4n) is 0.959. The van der Waals surface area contributed by atoms with Crippen LogP contribution in [-0.4, -0.2) is 17.8 Å². The van der Waals surface area contributed by atoms with E-state index in [9.17, 15) is 4.39 Å². The molecule has 3 heteroatoms. The molecule has 13 heavy (non-hydrogen) atoms. The molecule has 1 aromatic carbocycles. The molecule has 0 aliphatic carbocycles. The minimum absolute atomic E-state index is 0.0741. The number of nitrogens with one attached hydrogen (secondary N) is 1. The molecule has 2 N–H and O–H groups in total. The average molecular weight is 183 g/mol. The minimum atomic E-state index is -0.223. The van der Waals surface area contributed by atoms with Gasteiger partial charge < -0.3 is 10.4 Å². The van der Waals surface area contributed by atoms with Gasteiger partial charge in [-0.05, 0) is 24.6 Å². The molecule has 0 saturated heterocycles. The van der Waals surface area contributed by atoms with Gasteiger partial charge in [0, 0.05) is 12.6 Å². The summed E-state index contributed by atoms with van der Waals surface area (Å²) in [5, 5.41) is 11.8. The molecule has 1 aromatic rings. The summed E-state index contributed by atoms with van der Waals surface area (Å²) in [7, 11) is 0. The van der Waals surface area contributed by atoms with Crippen molar-refractivity contribution in [1.29, 1.82) is 0 Å². The Morgan fingerprint density at radius 1 is 1.38 bits per heavy atom. The van der Waals surface area contributed by atoms with Crippen LogP contribution in [0.3, 0.4) is 0 Å². The van der Waals surface area contributed by atoms with E-state index in [0.29, 0.717) is 6.54 Å². The summed E-state index contributed by atoms with van der Waals surface area (Å²) in [4.78, 5) is 0. The maximum atomic E-state index is 12.5. The van der Waals surface area contributed by atoms with Crippen molar-refractivity contribution in [3.63, 3.8) is 0 Å². The quantitative estimate of drug-likeness (QED) is 0.737. The van der Waals surface area contributed by atoms with Crippen molar-refractivity contribution in [3.05, 3.63) is 35.6 Å². The zero-order chi connectivity index (χ0) is 9.68. The molecule has 0 aromatic heterocycles. The molecule has 0 saturated carbocycles. The van der Waals surface area contributed by atoms with Gasteiger partial charge in [-0.3, -0.25) is 0 Å². The number of hydrogen-bond donors (Lipinski definition) is 2. The van der Waals surface area contributed by atoms with E-state index in [0.717, 1.165) is 5.56 Å². The molecule has 0 heterocycles. The van der Waals surface area contributed by atoms with Crippen LogP contribution in [0.2, 0.25) is 0 Å². The van der Waals surface area contributed by atoms with E-state index in [4.69, 9.17) is 5.11 Å². The third kappa shape index (κ3) is 3.53. The zero-order valence-electron chi connectivity index (χ0n) is 7.63. The lowest BCUT2D eigenvalue weighted by Gasteiger charge is -2.10. The fourth-order valence-corrected chi connectivity index (χ4v) is 0.959. The third-order valence-corrected chi connectivity index (χ3v) is 1.84. The van der Waals surface area contributed by atoms with Gasteiger partial charge in [-0.1, -0.05) is 12.1 Å². The molecule has 0 aliphatic heterocycles. The van der Waals surface area contributed by atoms with Crippen molar-refractivity contribution < 1.29 is 9.50 Å². The molecular formula is C10H14FNO. The standard InChI is InChI=1S/C10H14FNO/c1-8(7-13)12-6-9-2-4-10(11)5-3-9/h2-5,8,12-13H,6-7H2,1H3/t8-/m1/s1. The van der Waals surface area contributed by atoms with Gasteiger partial charge in [0.15, 0.2) is 0 Å². The molecule has 1 rings (SSSR count). The molecular weight excluding hydrogens is 169 g/mol. The molecule has 0 amide bonds. The lowest BCUT2D eigenvalue weighted by molar-refractivity contribution is 0.251. The predicted molar refractivity (Wildman–Crippen MR) is 49.8 cm³/mol. The topological polar surface area (TPSA) is 32.3 Å². The van der Waals surface area contributed by atoms with Crippen molar-refractivity contribution in [1.82, 2.24) is 5.32 Å². The summed E-state index contributed by atoms with van der Waals surface area (Å²) in [6.45, 7) is 2.66. The maximum Gasteiger partial charge on any atom is 0.123 e. The van der Waals surface area contributed by atoms with Crippen LogP contribution >= 0.6 is 0 Å². The van der Waals surface area contributed by atoms with Crippen LogP contribution in [0.1, 0.15) is 12.5 Å². The van der Waals surface area contributed by atoms with Gasteiger partial charge in [0.2, 0.25) is 0 Å². The maximum absolute atomic E-state index is 12.5. The number of aliphatic hydroxyl groups is 1. The van der Waals surface area contributed by atoms with E-state index in [1.165, 1.54) is 12.1 Å². The first-order valence-electron chi connectivity index (χ1n) is 4.31. The van der Waals surface area contributed by atoms with Gasteiger partial charge in [-0.2, -0.15) is 0 Å². The fraction of sp³-hybridized carbons (Fsp3) is 0.400. The van der Waals surface area contributed by atoms with Crippen LogP contribution in [0.15, 0.2) is 24.3 Å². The molecule has 0 unspecified atom stereocenters. The van der Waals surface area contributed by atoms with Crippen molar-refractivity contribution in [3.8, 4) is 0 Å². The zero-order valence-corrected chi connectivity index (χ0v) is 7.63. The number of rotatable bonds is 4. The molecule has 0 fully saturated rings. The highest BCUT2D eigenvalue weighted by molar-refractivity contribution is 5.15. The van der Waals surface area contributed by atoms with Gasteiger partial charge >= 0.3 is 0 Å². The van der Waals surface area contributed by atoms with Crippen LogP contribution in [0.4, 0.5) is 4.39 Å². The van der Waals surface area contributed by atoms with Crippen molar-refractivity contribution in [2.45, 2.75) is 19.5 Å². The molecule has 1 atom stereocenters. The third-order valence-electron chi connectivity index (χ3n) is 1.84. The second-order valence-corrected chi connectivity index (χ2v) is 3.09. The second-order valence-electron chi connectivity index (χ2n) is 3.09. The molecule has 0 spiro atoms. The van der Waals surface area contributed by atoms with Gasteiger partial charge in [-0.15, -0.1) is 0 Å². The molecule has 0 bridgehead atoms. The summed E-state index contributed by atoms with van der Waals surface area (Å²) in [5.41, 5.74) is 1.02. The van der Waals surface area contributed by atoms with Gasteiger partial charge in [0.05, 0.1) is 6.61 Å². The van der Waals surface area contributed by atoms with Gasteiger partial charge in [0.1, 0.15) is 5.82 Å². The first kappa shape index (κ1) is 10.2. The van der Waals surface area contributed by atoms with Gasteiger partial charge in [-0.25, -0.2) is 4.39 Å². The normalized spacial score (nSPS) is 12.8. The Morgan fingerprint density at radius 3 is 2.54 bits per heavy atom. The first-order valence-corrected chi connectivity index (χ1v) is 4.31. The van der Waals surface area contributed by atoms with Crippen LogP contribution in [0.25, 0.3) is 0 Å². The Morgan fingerprint density at radius 2 is 2.00 bits per heavy atom. The summed E-state index contributed by atoms with van der Waals surface area (Å²) in [6.07, 6.45) is 0. The van der Waals surface area contributed by atoms with Crippen molar-refractivity contribution >= 4 is 0 Å². The summed E-state index contributed by atoms with van der Waals surface area (Å²) in [6, 6.07) is 6.39. The number of aliphatic hydroxyl groups excluding tert-OH is 1. The molecule has 0 aliphatic rings. The Balaban J connectivity index is 2.41. The Labute approximate surface area is 77.4 Å². The Kier molecular flexibility index (Phi) is 3.86. The van der Waals surface area contributed by atoms with Crippen LogP contribution in [0, 0.1) is 5.82 Å². The Bertz CT molecular complexity index is 248. The molecule has 2 nitrogen and oxygen atoms in total. The van der Waals surface area contributed by atoms with E-state index < -0.39 is 0 Å². The van der Waals surface area contributed by atoms with E-state index in [1.807, 2.05) is 6.92 Å². The van der Waals surface area contributed by atoms with Crippen LogP contribution in [-0.2, 0) is 6.54 Å². The van der Waals surface area contributed by atoms with E-state index >= 15 is 0 Å². The second kappa shape index (κ2) is 4.94. The molecule has 0 radical (unpaired) electrons.